The number of rotatable bonds is 6. The highest BCUT2D eigenvalue weighted by molar-refractivity contribution is 7.91. The molecule has 1 rings (SSSR count). The molecule has 1 aromatic heterocycles. The molecule has 0 fully saturated rings. The van der Waals surface area contributed by atoms with Crippen LogP contribution in [0.25, 0.3) is 0 Å². The first-order valence-corrected chi connectivity index (χ1v) is 7.73. The van der Waals surface area contributed by atoms with Crippen molar-refractivity contribution >= 4 is 21.4 Å². The molecule has 0 atom stereocenters. The second-order valence-corrected chi connectivity index (χ2v) is 7.07. The van der Waals surface area contributed by atoms with E-state index in [0.29, 0.717) is 9.18 Å². The summed E-state index contributed by atoms with van der Waals surface area (Å²) in [5.41, 5.74) is 0. The number of aliphatic hydroxyl groups is 1. The van der Waals surface area contributed by atoms with Gasteiger partial charge in [0.05, 0.1) is 0 Å². The predicted molar refractivity (Wildman–Crippen MR) is 65.6 cm³/mol. The minimum atomic E-state index is -4.58. The van der Waals surface area contributed by atoms with Gasteiger partial charge in [0.15, 0.2) is 0 Å². The van der Waals surface area contributed by atoms with Crippen LogP contribution in [0.15, 0.2) is 16.3 Å². The minimum absolute atomic E-state index is 0.137. The molecule has 1 heterocycles. The molecule has 19 heavy (non-hydrogen) atoms. The van der Waals surface area contributed by atoms with Crippen molar-refractivity contribution in [3.8, 4) is 0 Å². The lowest BCUT2D eigenvalue weighted by molar-refractivity contribution is -0.135. The first kappa shape index (κ1) is 16.4. The fourth-order valence-electron chi connectivity index (χ4n) is 1.44. The van der Waals surface area contributed by atoms with E-state index in [0.717, 1.165) is 11.3 Å². The fourth-order valence-corrected chi connectivity index (χ4v) is 4.37. The molecular formula is C10H14F3NO3S2. The summed E-state index contributed by atoms with van der Waals surface area (Å²) >= 11 is 0.877. The van der Waals surface area contributed by atoms with Crippen molar-refractivity contribution in [1.82, 2.24) is 4.31 Å². The molecule has 0 spiro atoms. The summed E-state index contributed by atoms with van der Waals surface area (Å²) in [7, 11) is -4.13. The maximum absolute atomic E-state index is 12.3. The van der Waals surface area contributed by atoms with Crippen LogP contribution in [0.2, 0.25) is 0 Å². The molecule has 0 amide bonds. The number of thiophene rings is 1. The number of halogens is 3. The molecule has 110 valence electrons. The van der Waals surface area contributed by atoms with Crippen LogP contribution in [0.5, 0.6) is 0 Å². The topological polar surface area (TPSA) is 57.6 Å². The van der Waals surface area contributed by atoms with Crippen LogP contribution in [-0.4, -0.2) is 43.7 Å². The summed E-state index contributed by atoms with van der Waals surface area (Å²) < 4.78 is 61.3. The van der Waals surface area contributed by atoms with Crippen molar-refractivity contribution < 1.29 is 26.7 Å². The lowest BCUT2D eigenvalue weighted by Gasteiger charge is -2.20. The molecule has 0 aliphatic rings. The zero-order chi connectivity index (χ0) is 14.7. The number of alkyl halides is 3. The molecule has 0 aliphatic heterocycles. The van der Waals surface area contributed by atoms with Gasteiger partial charge in [-0.25, -0.2) is 8.42 Å². The lowest BCUT2D eigenvalue weighted by atomic mass is 10.4. The van der Waals surface area contributed by atoms with Crippen molar-refractivity contribution in [2.45, 2.75) is 23.7 Å². The Morgan fingerprint density at radius 1 is 1.37 bits per heavy atom. The normalized spacial score (nSPS) is 13.2. The van der Waals surface area contributed by atoms with Gasteiger partial charge in [0, 0.05) is 24.4 Å². The molecule has 0 bridgehead atoms. The summed E-state index contributed by atoms with van der Waals surface area (Å²) in [6, 6.07) is 2.76. The Morgan fingerprint density at radius 3 is 2.47 bits per heavy atom. The Morgan fingerprint density at radius 2 is 2.00 bits per heavy atom. The van der Waals surface area contributed by atoms with Crippen molar-refractivity contribution in [2.75, 3.05) is 19.7 Å². The molecule has 0 aromatic carbocycles. The molecule has 0 unspecified atom stereocenters. The SMILES string of the molecule is CCN(CC(F)(F)F)S(=O)(=O)c1ccc(CCO)s1. The lowest BCUT2D eigenvalue weighted by Crippen LogP contribution is -2.38. The standard InChI is InChI=1S/C10H14F3NO3S2/c1-2-14(7-10(11,12)13)19(16,17)9-4-3-8(18-9)5-6-15/h3-4,15H,2,5-7H2,1H3. The van der Waals surface area contributed by atoms with E-state index >= 15 is 0 Å². The first-order valence-electron chi connectivity index (χ1n) is 5.47. The fraction of sp³-hybridized carbons (Fsp3) is 0.600. The van der Waals surface area contributed by atoms with Gasteiger partial charge >= 0.3 is 6.18 Å². The minimum Gasteiger partial charge on any atom is -0.396 e. The molecule has 0 saturated heterocycles. The monoisotopic (exact) mass is 317 g/mol. The van der Waals surface area contributed by atoms with Crippen LogP contribution in [0.3, 0.4) is 0 Å². The average Bonchev–Trinajstić information content (AvgIpc) is 2.74. The van der Waals surface area contributed by atoms with Crippen molar-refractivity contribution in [3.63, 3.8) is 0 Å². The maximum atomic E-state index is 12.3. The van der Waals surface area contributed by atoms with Gasteiger partial charge in [-0.3, -0.25) is 0 Å². The van der Waals surface area contributed by atoms with E-state index in [9.17, 15) is 21.6 Å². The van der Waals surface area contributed by atoms with Crippen LogP contribution in [0, 0.1) is 0 Å². The largest absolute Gasteiger partial charge is 0.402 e. The molecule has 0 saturated carbocycles. The van der Waals surface area contributed by atoms with Crippen LogP contribution >= 0.6 is 11.3 Å². The van der Waals surface area contributed by atoms with E-state index in [2.05, 4.69) is 0 Å². The van der Waals surface area contributed by atoms with Crippen molar-refractivity contribution in [3.05, 3.63) is 17.0 Å². The van der Waals surface area contributed by atoms with Crippen LogP contribution in [0.1, 0.15) is 11.8 Å². The van der Waals surface area contributed by atoms with E-state index in [1.807, 2.05) is 0 Å². The van der Waals surface area contributed by atoms with E-state index in [1.54, 1.807) is 0 Å². The highest BCUT2D eigenvalue weighted by atomic mass is 32.2. The second kappa shape index (κ2) is 6.21. The Bertz CT molecular complexity index is 510. The van der Waals surface area contributed by atoms with Crippen molar-refractivity contribution in [2.24, 2.45) is 0 Å². The van der Waals surface area contributed by atoms with Gasteiger partial charge in [-0.2, -0.15) is 17.5 Å². The average molecular weight is 317 g/mol. The zero-order valence-electron chi connectivity index (χ0n) is 10.1. The van der Waals surface area contributed by atoms with Crippen molar-refractivity contribution in [1.29, 1.82) is 0 Å². The highest BCUT2D eigenvalue weighted by Gasteiger charge is 2.36. The third kappa shape index (κ3) is 4.44. The zero-order valence-corrected chi connectivity index (χ0v) is 11.8. The van der Waals surface area contributed by atoms with Gasteiger partial charge in [-0.05, 0) is 12.1 Å². The molecule has 0 radical (unpaired) electrons. The van der Waals surface area contributed by atoms with Gasteiger partial charge in [-0.1, -0.05) is 6.92 Å². The molecule has 4 nitrogen and oxygen atoms in total. The van der Waals surface area contributed by atoms with Gasteiger partial charge in [0.1, 0.15) is 10.8 Å². The first-order chi connectivity index (χ1) is 8.70. The van der Waals surface area contributed by atoms with Gasteiger partial charge in [0.2, 0.25) is 0 Å². The predicted octanol–water partition coefficient (Wildman–Crippen LogP) is 1.86. The summed E-state index contributed by atoms with van der Waals surface area (Å²) in [5, 5.41) is 8.74. The number of hydrogen-bond donors (Lipinski definition) is 1. The Labute approximate surface area is 113 Å². The van der Waals surface area contributed by atoms with Crippen LogP contribution in [0.4, 0.5) is 13.2 Å². The third-order valence-electron chi connectivity index (χ3n) is 2.30. The highest BCUT2D eigenvalue weighted by Crippen LogP contribution is 2.27. The smallest absolute Gasteiger partial charge is 0.396 e. The maximum Gasteiger partial charge on any atom is 0.402 e. The van der Waals surface area contributed by atoms with Crippen LogP contribution in [-0.2, 0) is 16.4 Å². The number of sulfonamides is 1. The van der Waals surface area contributed by atoms with Gasteiger partial charge in [0.25, 0.3) is 10.0 Å². The third-order valence-corrected chi connectivity index (χ3v) is 5.83. The number of hydrogen-bond acceptors (Lipinski definition) is 4. The van der Waals surface area contributed by atoms with E-state index in [1.165, 1.54) is 19.1 Å². The quantitative estimate of drug-likeness (QED) is 0.871. The Kier molecular flexibility index (Phi) is 5.36. The summed E-state index contributed by atoms with van der Waals surface area (Å²) in [6.45, 7) is -0.542. The van der Waals surface area contributed by atoms with E-state index in [-0.39, 0.29) is 23.8 Å². The van der Waals surface area contributed by atoms with Gasteiger partial charge < -0.3 is 5.11 Å². The van der Waals surface area contributed by atoms with Gasteiger partial charge in [-0.15, -0.1) is 11.3 Å². The second-order valence-electron chi connectivity index (χ2n) is 3.74. The molecule has 0 aliphatic carbocycles. The van der Waals surface area contributed by atoms with E-state index < -0.39 is 22.7 Å². The number of nitrogens with zero attached hydrogens (tertiary/aromatic N) is 1. The summed E-state index contributed by atoms with van der Waals surface area (Å²) in [5.74, 6) is 0. The van der Waals surface area contributed by atoms with E-state index in [4.69, 9.17) is 5.11 Å². The van der Waals surface area contributed by atoms with Crippen LogP contribution < -0.4 is 0 Å². The Hall–Kier alpha value is -0.640. The molecule has 1 aromatic rings. The number of aliphatic hydroxyl groups excluding tert-OH is 1. The summed E-state index contributed by atoms with van der Waals surface area (Å²) in [4.78, 5) is 0.615. The molecule has 9 heteroatoms. The molecular weight excluding hydrogens is 303 g/mol. The Balaban J connectivity index is 2.99. The summed E-state index contributed by atoms with van der Waals surface area (Å²) in [6.07, 6.45) is -4.29. The molecule has 1 N–H and O–H groups in total.